The van der Waals surface area contributed by atoms with Gasteiger partial charge in [-0.1, -0.05) is 16.8 Å². The van der Waals surface area contributed by atoms with Crippen molar-refractivity contribution in [3.05, 3.63) is 38.6 Å². The van der Waals surface area contributed by atoms with E-state index >= 15 is 0 Å². The first-order valence-corrected chi connectivity index (χ1v) is 6.76. The Bertz CT molecular complexity index is 790. The minimum Gasteiger partial charge on any atom is -0.334 e. The quantitative estimate of drug-likeness (QED) is 0.466. The molecule has 0 saturated carbocycles. The first-order chi connectivity index (χ1) is 9.04. The number of nitrogens with zero attached hydrogens (tertiary/aromatic N) is 3. The predicted octanol–water partition coefficient (Wildman–Crippen LogP) is 3.99. The van der Waals surface area contributed by atoms with Crippen molar-refractivity contribution in [3.63, 3.8) is 0 Å². The number of pyridine rings is 1. The van der Waals surface area contributed by atoms with E-state index in [-0.39, 0.29) is 16.6 Å². The first-order valence-electron chi connectivity index (χ1n) is 5.30. The minimum absolute atomic E-state index is 0.135. The maximum atomic E-state index is 13.8. The molecule has 0 atom stereocenters. The number of aryl methyl sites for hydroxylation is 1. The number of halogens is 3. The highest BCUT2D eigenvalue weighted by molar-refractivity contribution is 14.1. The van der Waals surface area contributed by atoms with Gasteiger partial charge in [-0.3, -0.25) is 0 Å². The van der Waals surface area contributed by atoms with Gasteiger partial charge in [0, 0.05) is 8.96 Å². The van der Waals surface area contributed by atoms with Crippen LogP contribution < -0.4 is 0 Å². The van der Waals surface area contributed by atoms with Crippen LogP contribution in [0.15, 0.2) is 22.7 Å². The molecule has 0 aliphatic heterocycles. The van der Waals surface area contributed by atoms with Crippen LogP contribution in [0.1, 0.15) is 5.82 Å². The van der Waals surface area contributed by atoms with Gasteiger partial charge in [-0.2, -0.15) is 4.98 Å². The lowest BCUT2D eigenvalue weighted by Gasteiger charge is -2.04. The molecule has 0 unspecified atom stereocenters. The van der Waals surface area contributed by atoms with Gasteiger partial charge < -0.3 is 4.52 Å². The molecular weight excluding hydrogens is 384 g/mol. The minimum atomic E-state index is -0.406. The number of hydrogen-bond donors (Lipinski definition) is 0. The van der Waals surface area contributed by atoms with E-state index in [0.717, 1.165) is 3.57 Å². The lowest BCUT2D eigenvalue weighted by molar-refractivity contribution is 0.425. The topological polar surface area (TPSA) is 51.8 Å². The molecular formula is C12H6ClFIN3O. The van der Waals surface area contributed by atoms with Gasteiger partial charge in [-0.25, -0.2) is 9.37 Å². The lowest BCUT2D eigenvalue weighted by Crippen LogP contribution is -1.90. The van der Waals surface area contributed by atoms with Gasteiger partial charge in [0.2, 0.25) is 0 Å². The summed E-state index contributed by atoms with van der Waals surface area (Å²) in [5, 5.41) is 4.48. The van der Waals surface area contributed by atoms with Crippen molar-refractivity contribution in [1.29, 1.82) is 0 Å². The number of hydrogen-bond acceptors (Lipinski definition) is 4. The molecule has 3 aromatic rings. The molecule has 2 aromatic heterocycles. The second-order valence-electron chi connectivity index (χ2n) is 3.93. The number of fused-ring (bicyclic) bond motifs is 1. The summed E-state index contributed by atoms with van der Waals surface area (Å²) >= 11 is 8.09. The Labute approximate surface area is 126 Å². The molecule has 0 fully saturated rings. The number of aromatic nitrogens is 3. The third-order valence-corrected chi connectivity index (χ3v) is 3.46. The summed E-state index contributed by atoms with van der Waals surface area (Å²) in [5.74, 6) is 0.369. The van der Waals surface area contributed by atoms with Crippen LogP contribution in [-0.4, -0.2) is 15.1 Å². The van der Waals surface area contributed by atoms with E-state index in [1.54, 1.807) is 13.0 Å². The van der Waals surface area contributed by atoms with Gasteiger partial charge in [0.15, 0.2) is 11.6 Å². The largest absolute Gasteiger partial charge is 0.334 e. The predicted molar refractivity (Wildman–Crippen MR) is 77.5 cm³/mol. The SMILES string of the molecule is Cc1noc(-c2cc3cc(I)cc(F)c3nc2Cl)n1. The van der Waals surface area contributed by atoms with E-state index in [0.29, 0.717) is 16.8 Å². The second kappa shape index (κ2) is 4.68. The van der Waals surface area contributed by atoms with E-state index in [9.17, 15) is 4.39 Å². The van der Waals surface area contributed by atoms with Gasteiger partial charge in [-0.15, -0.1) is 0 Å². The Morgan fingerprint density at radius 3 is 2.74 bits per heavy atom. The normalized spacial score (nSPS) is 11.2. The summed E-state index contributed by atoms with van der Waals surface area (Å²) in [7, 11) is 0. The Morgan fingerprint density at radius 2 is 2.05 bits per heavy atom. The van der Waals surface area contributed by atoms with Gasteiger partial charge >= 0.3 is 0 Å². The second-order valence-corrected chi connectivity index (χ2v) is 5.54. The summed E-state index contributed by atoms with van der Waals surface area (Å²) in [5.41, 5.74) is 0.724. The highest BCUT2D eigenvalue weighted by Gasteiger charge is 2.15. The molecule has 0 radical (unpaired) electrons. The Kier molecular flexibility index (Phi) is 3.14. The Hall–Kier alpha value is -1.28. The maximum absolute atomic E-state index is 13.8. The van der Waals surface area contributed by atoms with Crippen LogP contribution in [0.2, 0.25) is 5.15 Å². The summed E-state index contributed by atoms with van der Waals surface area (Å²) < 4.78 is 19.6. The standard InChI is InChI=1S/C12H6ClFIN3O/c1-5-16-12(19-18-5)8-3-6-2-7(15)4-9(14)10(6)17-11(8)13/h2-4H,1H3. The van der Waals surface area contributed by atoms with Gasteiger partial charge in [0.1, 0.15) is 10.7 Å². The fourth-order valence-electron chi connectivity index (χ4n) is 1.74. The summed E-state index contributed by atoms with van der Waals surface area (Å²) in [6, 6.07) is 4.92. The van der Waals surface area contributed by atoms with Crippen LogP contribution in [0.5, 0.6) is 0 Å². The molecule has 4 nitrogen and oxygen atoms in total. The maximum Gasteiger partial charge on any atom is 0.261 e. The molecule has 0 spiro atoms. The monoisotopic (exact) mass is 389 g/mol. The average Bonchev–Trinajstić information content (AvgIpc) is 2.76. The molecule has 7 heteroatoms. The van der Waals surface area contributed by atoms with Gasteiger partial charge in [0.05, 0.1) is 5.56 Å². The number of rotatable bonds is 1. The molecule has 0 amide bonds. The van der Waals surface area contributed by atoms with E-state index < -0.39 is 5.82 Å². The van der Waals surface area contributed by atoms with Crippen LogP contribution in [0.4, 0.5) is 4.39 Å². The fraction of sp³-hybridized carbons (Fsp3) is 0.0833. The molecule has 0 bridgehead atoms. The van der Waals surface area contributed by atoms with E-state index in [1.807, 2.05) is 28.7 Å². The third kappa shape index (κ3) is 2.30. The van der Waals surface area contributed by atoms with E-state index in [1.165, 1.54) is 6.07 Å². The van der Waals surface area contributed by atoms with E-state index in [4.69, 9.17) is 16.1 Å². The third-order valence-electron chi connectivity index (χ3n) is 2.55. The molecule has 0 aliphatic carbocycles. The van der Waals surface area contributed by atoms with Crippen LogP contribution in [-0.2, 0) is 0 Å². The molecule has 0 N–H and O–H groups in total. The molecule has 1 aromatic carbocycles. The van der Waals surface area contributed by atoms with Crippen LogP contribution >= 0.6 is 34.2 Å². The average molecular weight is 390 g/mol. The lowest BCUT2D eigenvalue weighted by atomic mass is 10.1. The zero-order valence-electron chi connectivity index (χ0n) is 9.62. The van der Waals surface area contributed by atoms with Crippen molar-refractivity contribution in [1.82, 2.24) is 15.1 Å². The van der Waals surface area contributed by atoms with Crippen molar-refractivity contribution >= 4 is 45.1 Å². The smallest absolute Gasteiger partial charge is 0.261 e. The Balaban J connectivity index is 2.30. The molecule has 3 rings (SSSR count). The highest BCUT2D eigenvalue weighted by atomic mass is 127. The zero-order chi connectivity index (χ0) is 13.6. The van der Waals surface area contributed by atoms with Crippen LogP contribution in [0, 0.1) is 16.3 Å². The molecule has 0 saturated heterocycles. The van der Waals surface area contributed by atoms with Crippen LogP contribution in [0.25, 0.3) is 22.4 Å². The molecule has 0 aliphatic rings. The van der Waals surface area contributed by atoms with Crippen molar-refractivity contribution in [2.45, 2.75) is 6.92 Å². The molecule has 96 valence electrons. The summed E-state index contributed by atoms with van der Waals surface area (Å²) in [6.45, 7) is 1.71. The Morgan fingerprint density at radius 1 is 1.26 bits per heavy atom. The van der Waals surface area contributed by atoms with Crippen molar-refractivity contribution < 1.29 is 8.91 Å². The van der Waals surface area contributed by atoms with Crippen molar-refractivity contribution in [2.75, 3.05) is 0 Å². The van der Waals surface area contributed by atoms with Gasteiger partial charge in [-0.05, 0) is 47.7 Å². The van der Waals surface area contributed by atoms with Gasteiger partial charge in [0.25, 0.3) is 5.89 Å². The van der Waals surface area contributed by atoms with E-state index in [2.05, 4.69) is 15.1 Å². The summed E-state index contributed by atoms with van der Waals surface area (Å²) in [6.07, 6.45) is 0. The molecule has 19 heavy (non-hydrogen) atoms. The van der Waals surface area contributed by atoms with Crippen LogP contribution in [0.3, 0.4) is 0 Å². The number of benzene rings is 1. The molecule has 2 heterocycles. The zero-order valence-corrected chi connectivity index (χ0v) is 12.5. The first kappa shape index (κ1) is 12.7. The van der Waals surface area contributed by atoms with Crippen molar-refractivity contribution in [2.24, 2.45) is 0 Å². The highest BCUT2D eigenvalue weighted by Crippen LogP contribution is 2.30. The summed E-state index contributed by atoms with van der Waals surface area (Å²) in [4.78, 5) is 8.16. The van der Waals surface area contributed by atoms with Crippen molar-refractivity contribution in [3.8, 4) is 11.5 Å². The fourth-order valence-corrected chi connectivity index (χ4v) is 2.57.